The van der Waals surface area contributed by atoms with Gasteiger partial charge in [-0.15, -0.1) is 12.4 Å². The predicted octanol–water partition coefficient (Wildman–Crippen LogP) is 1.73. The fourth-order valence-electron chi connectivity index (χ4n) is 2.71. The third kappa shape index (κ3) is 4.69. The van der Waals surface area contributed by atoms with Crippen LogP contribution < -0.4 is 16.0 Å². The molecule has 1 unspecified atom stereocenters. The van der Waals surface area contributed by atoms with Gasteiger partial charge in [0.2, 0.25) is 11.8 Å². The summed E-state index contributed by atoms with van der Waals surface area (Å²) in [5.41, 5.74) is 7.92. The molecular formula is C17H26ClN3O2. The van der Waals surface area contributed by atoms with Gasteiger partial charge in [0.15, 0.2) is 0 Å². The molecule has 1 aliphatic heterocycles. The predicted molar refractivity (Wildman–Crippen MR) is 94.7 cm³/mol. The van der Waals surface area contributed by atoms with Crippen molar-refractivity contribution in [3.05, 3.63) is 29.8 Å². The highest BCUT2D eigenvalue weighted by Gasteiger charge is 2.26. The smallest absolute Gasteiger partial charge is 0.246 e. The zero-order valence-corrected chi connectivity index (χ0v) is 14.7. The van der Waals surface area contributed by atoms with Gasteiger partial charge in [0.25, 0.3) is 0 Å². The van der Waals surface area contributed by atoms with Crippen molar-refractivity contribution in [2.75, 3.05) is 18.0 Å². The summed E-state index contributed by atoms with van der Waals surface area (Å²) < 4.78 is 0. The summed E-state index contributed by atoms with van der Waals surface area (Å²) >= 11 is 0. The van der Waals surface area contributed by atoms with E-state index < -0.39 is 6.04 Å². The number of hydrogen-bond donors (Lipinski definition) is 2. The number of anilines is 1. The van der Waals surface area contributed by atoms with Crippen LogP contribution in [-0.4, -0.2) is 30.9 Å². The lowest BCUT2D eigenvalue weighted by Crippen LogP contribution is -2.49. The summed E-state index contributed by atoms with van der Waals surface area (Å²) in [6, 6.07) is 7.35. The number of rotatable bonds is 4. The van der Waals surface area contributed by atoms with E-state index in [9.17, 15) is 9.59 Å². The highest BCUT2D eigenvalue weighted by Crippen LogP contribution is 2.29. The van der Waals surface area contributed by atoms with Gasteiger partial charge in [-0.3, -0.25) is 9.59 Å². The molecule has 2 rings (SSSR count). The van der Waals surface area contributed by atoms with E-state index in [1.807, 2.05) is 32.0 Å². The van der Waals surface area contributed by atoms with Crippen molar-refractivity contribution in [2.24, 2.45) is 17.6 Å². The second-order valence-corrected chi connectivity index (χ2v) is 6.43. The average molecular weight is 340 g/mol. The lowest BCUT2D eigenvalue weighted by molar-refractivity contribution is -0.126. The van der Waals surface area contributed by atoms with Gasteiger partial charge in [-0.1, -0.05) is 39.0 Å². The minimum Gasteiger partial charge on any atom is -0.346 e. The molecule has 3 N–H and O–H groups in total. The lowest BCUT2D eigenvalue weighted by Gasteiger charge is -2.33. The van der Waals surface area contributed by atoms with Crippen LogP contribution in [0, 0.1) is 11.8 Å². The summed E-state index contributed by atoms with van der Waals surface area (Å²) in [6.45, 7) is 6.56. The molecule has 0 spiro atoms. The number of nitrogens with zero attached hydrogens (tertiary/aromatic N) is 1. The number of para-hydroxylation sites is 1. The van der Waals surface area contributed by atoms with Crippen molar-refractivity contribution in [3.8, 4) is 0 Å². The monoisotopic (exact) mass is 339 g/mol. The van der Waals surface area contributed by atoms with E-state index in [-0.39, 0.29) is 36.7 Å². The van der Waals surface area contributed by atoms with Crippen molar-refractivity contribution < 1.29 is 9.59 Å². The first-order valence-corrected chi connectivity index (χ1v) is 7.81. The Labute approximate surface area is 144 Å². The van der Waals surface area contributed by atoms with E-state index in [2.05, 4.69) is 18.3 Å². The number of carbonyl (C=O) groups is 2. The topological polar surface area (TPSA) is 75.4 Å². The summed E-state index contributed by atoms with van der Waals surface area (Å²) in [5, 5.41) is 2.65. The van der Waals surface area contributed by atoms with Crippen molar-refractivity contribution in [3.63, 3.8) is 0 Å². The molecule has 0 aromatic heterocycles. The second kappa shape index (κ2) is 8.31. The molecule has 23 heavy (non-hydrogen) atoms. The molecule has 6 heteroatoms. The van der Waals surface area contributed by atoms with E-state index in [0.717, 1.165) is 12.1 Å². The minimum atomic E-state index is -0.583. The van der Waals surface area contributed by atoms with Crippen LogP contribution in [0.5, 0.6) is 0 Å². The van der Waals surface area contributed by atoms with Crippen LogP contribution >= 0.6 is 12.4 Å². The number of carbonyl (C=O) groups excluding carboxylic acids is 2. The zero-order valence-electron chi connectivity index (χ0n) is 13.9. The molecule has 2 amide bonds. The third-order valence-corrected chi connectivity index (χ3v) is 4.08. The second-order valence-electron chi connectivity index (χ2n) is 6.43. The van der Waals surface area contributed by atoms with Crippen molar-refractivity contribution in [2.45, 2.75) is 33.2 Å². The Kier molecular flexibility index (Phi) is 7.03. The Balaban J connectivity index is 0.00000264. The van der Waals surface area contributed by atoms with E-state index in [1.54, 1.807) is 4.90 Å². The molecule has 1 aromatic rings. The molecule has 1 aliphatic rings. The normalized spacial score (nSPS) is 18.0. The van der Waals surface area contributed by atoms with Crippen LogP contribution in [0.1, 0.15) is 26.3 Å². The lowest BCUT2D eigenvalue weighted by atomic mass is 9.94. The number of benzene rings is 1. The average Bonchev–Trinajstić information content (AvgIpc) is 2.50. The van der Waals surface area contributed by atoms with Gasteiger partial charge in [-0.2, -0.15) is 0 Å². The van der Waals surface area contributed by atoms with Crippen molar-refractivity contribution in [1.29, 1.82) is 0 Å². The highest BCUT2D eigenvalue weighted by molar-refractivity contribution is 5.98. The molecule has 0 saturated carbocycles. The zero-order chi connectivity index (χ0) is 16.3. The molecule has 128 valence electrons. The van der Waals surface area contributed by atoms with Gasteiger partial charge < -0.3 is 16.0 Å². The largest absolute Gasteiger partial charge is 0.346 e. The number of nitrogens with one attached hydrogen (secondary N) is 1. The first-order chi connectivity index (χ1) is 10.4. The molecule has 5 nitrogen and oxygen atoms in total. The fraction of sp³-hybridized carbons (Fsp3) is 0.529. The number of amides is 2. The van der Waals surface area contributed by atoms with Gasteiger partial charge in [0.1, 0.15) is 0 Å². The maximum atomic E-state index is 12.5. The van der Waals surface area contributed by atoms with E-state index >= 15 is 0 Å². The Morgan fingerprint density at radius 1 is 1.35 bits per heavy atom. The summed E-state index contributed by atoms with van der Waals surface area (Å²) in [7, 11) is 0. The van der Waals surface area contributed by atoms with Crippen LogP contribution in [0.3, 0.4) is 0 Å². The number of fused-ring (bicyclic) bond motifs is 1. The first kappa shape index (κ1) is 19.5. The maximum absolute atomic E-state index is 12.5. The Morgan fingerprint density at radius 3 is 2.65 bits per heavy atom. The quantitative estimate of drug-likeness (QED) is 0.877. The molecule has 1 aromatic carbocycles. The number of halogens is 1. The molecular weight excluding hydrogens is 314 g/mol. The molecule has 0 aliphatic carbocycles. The van der Waals surface area contributed by atoms with Crippen LogP contribution in [0.2, 0.25) is 0 Å². The third-order valence-electron chi connectivity index (χ3n) is 4.08. The number of hydrogen-bond acceptors (Lipinski definition) is 3. The van der Waals surface area contributed by atoms with Crippen LogP contribution in [-0.2, 0) is 16.0 Å². The van der Waals surface area contributed by atoms with E-state index in [4.69, 9.17) is 5.73 Å². The standard InChI is InChI=1S/C17H25N3O2.ClH/c1-11(2)16(18)17(22)19-9-15(21)20-10-12(3)8-13-6-4-5-7-14(13)20;/h4-7,11-12,16H,8-10,18H2,1-3H3,(H,19,22);1H/t12?,16-;/m0./s1. The molecule has 0 fully saturated rings. The minimum absolute atomic E-state index is 0. The van der Waals surface area contributed by atoms with Gasteiger partial charge in [0, 0.05) is 12.2 Å². The summed E-state index contributed by atoms with van der Waals surface area (Å²) in [6.07, 6.45) is 0.977. The molecule has 0 radical (unpaired) electrons. The van der Waals surface area contributed by atoms with E-state index in [0.29, 0.717) is 12.5 Å². The maximum Gasteiger partial charge on any atom is 0.246 e. The van der Waals surface area contributed by atoms with E-state index in [1.165, 1.54) is 5.56 Å². The molecule has 0 saturated heterocycles. The highest BCUT2D eigenvalue weighted by atomic mass is 35.5. The van der Waals surface area contributed by atoms with Gasteiger partial charge >= 0.3 is 0 Å². The molecule has 2 atom stereocenters. The van der Waals surface area contributed by atoms with Gasteiger partial charge in [-0.05, 0) is 29.9 Å². The molecule has 1 heterocycles. The number of nitrogens with two attached hydrogens (primary N) is 1. The van der Waals surface area contributed by atoms with Crippen LogP contribution in [0.25, 0.3) is 0 Å². The Morgan fingerprint density at radius 2 is 2.00 bits per heavy atom. The molecule has 0 bridgehead atoms. The van der Waals surface area contributed by atoms with Gasteiger partial charge in [-0.25, -0.2) is 0 Å². The first-order valence-electron chi connectivity index (χ1n) is 7.81. The van der Waals surface area contributed by atoms with Crippen LogP contribution in [0.4, 0.5) is 5.69 Å². The summed E-state index contributed by atoms with van der Waals surface area (Å²) in [5.74, 6) is 0.0864. The Hall–Kier alpha value is -1.59. The van der Waals surface area contributed by atoms with Crippen LogP contribution in [0.15, 0.2) is 24.3 Å². The Bertz CT molecular complexity index is 563. The SMILES string of the molecule is CC1Cc2ccccc2N(C(=O)CNC(=O)[C@@H](N)C(C)C)C1.Cl. The van der Waals surface area contributed by atoms with Crippen molar-refractivity contribution >= 4 is 29.9 Å². The van der Waals surface area contributed by atoms with Gasteiger partial charge in [0.05, 0.1) is 12.6 Å². The van der Waals surface area contributed by atoms with Crippen molar-refractivity contribution in [1.82, 2.24) is 5.32 Å². The summed E-state index contributed by atoms with van der Waals surface area (Å²) in [4.78, 5) is 26.1. The fourth-order valence-corrected chi connectivity index (χ4v) is 2.71.